The number of nitrogens with one attached hydrogen (secondary N) is 1. The first-order valence-electron chi connectivity index (χ1n) is 8.77. The summed E-state index contributed by atoms with van der Waals surface area (Å²) in [7, 11) is 0. The lowest BCUT2D eigenvalue weighted by atomic mass is 10.0. The number of ether oxygens (including phenoxy) is 2. The van der Waals surface area contributed by atoms with E-state index in [0.717, 1.165) is 4.90 Å². The van der Waals surface area contributed by atoms with Gasteiger partial charge in [-0.15, -0.1) is 0 Å². The van der Waals surface area contributed by atoms with Crippen molar-refractivity contribution in [2.45, 2.75) is 45.3 Å². The van der Waals surface area contributed by atoms with Crippen LogP contribution in [0.25, 0.3) is 0 Å². The molecule has 2 aliphatic rings. The molecule has 1 unspecified atom stereocenters. The quantitative estimate of drug-likeness (QED) is 0.599. The number of esters is 1. The smallest absolute Gasteiger partial charge is 0.344 e. The highest BCUT2D eigenvalue weighted by Gasteiger charge is 2.44. The Morgan fingerprint density at radius 1 is 1.14 bits per heavy atom. The van der Waals surface area contributed by atoms with Gasteiger partial charge in [-0.25, -0.2) is 4.79 Å². The molecule has 9 heteroatoms. The molecule has 0 aromatic heterocycles. The molecule has 1 saturated heterocycles. The van der Waals surface area contributed by atoms with Crippen LogP contribution in [0.3, 0.4) is 0 Å². The third kappa shape index (κ3) is 3.88. The second-order valence-electron chi connectivity index (χ2n) is 7.53. The molecule has 1 aromatic rings. The Morgan fingerprint density at radius 3 is 2.46 bits per heavy atom. The van der Waals surface area contributed by atoms with Gasteiger partial charge >= 0.3 is 5.97 Å². The highest BCUT2D eigenvalue weighted by Crippen LogP contribution is 2.30. The van der Waals surface area contributed by atoms with Crippen LogP contribution in [0.1, 0.15) is 54.3 Å². The molecule has 0 saturated carbocycles. The Labute approximate surface area is 161 Å². The zero-order valence-corrected chi connectivity index (χ0v) is 15.7. The zero-order chi connectivity index (χ0) is 20.6. The minimum Gasteiger partial charge on any atom is -0.482 e. The molecule has 4 amide bonds. The summed E-state index contributed by atoms with van der Waals surface area (Å²) in [6.45, 7) is 4.84. The Balaban J connectivity index is 1.74. The van der Waals surface area contributed by atoms with E-state index in [1.165, 1.54) is 18.2 Å². The maximum Gasteiger partial charge on any atom is 0.344 e. The summed E-state index contributed by atoms with van der Waals surface area (Å²) in [4.78, 5) is 61.3. The van der Waals surface area contributed by atoms with Gasteiger partial charge in [0.15, 0.2) is 6.61 Å². The fraction of sp³-hybridized carbons (Fsp3) is 0.421. The van der Waals surface area contributed by atoms with Gasteiger partial charge in [0, 0.05) is 6.42 Å². The first-order valence-corrected chi connectivity index (χ1v) is 8.77. The second kappa shape index (κ2) is 7.06. The van der Waals surface area contributed by atoms with Gasteiger partial charge in [0.05, 0.1) is 11.1 Å². The van der Waals surface area contributed by atoms with Gasteiger partial charge in [-0.1, -0.05) is 0 Å². The lowest BCUT2D eigenvalue weighted by molar-refractivity contribution is -0.157. The third-order valence-corrected chi connectivity index (χ3v) is 4.19. The summed E-state index contributed by atoms with van der Waals surface area (Å²) in [5.74, 6) is -2.70. The summed E-state index contributed by atoms with van der Waals surface area (Å²) >= 11 is 0. The van der Waals surface area contributed by atoms with Crippen LogP contribution in [0.4, 0.5) is 0 Å². The Bertz CT molecular complexity index is 885. The summed E-state index contributed by atoms with van der Waals surface area (Å²) in [6, 6.07) is 3.19. The first kappa shape index (κ1) is 19.5. The number of carbonyl (C=O) groups is 5. The van der Waals surface area contributed by atoms with E-state index in [9.17, 15) is 24.0 Å². The molecule has 9 nitrogen and oxygen atoms in total. The summed E-state index contributed by atoms with van der Waals surface area (Å²) in [5.41, 5.74) is -0.431. The highest BCUT2D eigenvalue weighted by atomic mass is 16.6. The number of rotatable bonds is 4. The zero-order valence-electron chi connectivity index (χ0n) is 15.7. The minimum absolute atomic E-state index is 0.0497. The maximum atomic E-state index is 12.7. The summed E-state index contributed by atoms with van der Waals surface area (Å²) in [5, 5.41) is 2.14. The molecular formula is C19H20N2O7. The second-order valence-corrected chi connectivity index (χ2v) is 7.53. The predicted molar refractivity (Wildman–Crippen MR) is 94.5 cm³/mol. The molecular weight excluding hydrogens is 368 g/mol. The lowest BCUT2D eigenvalue weighted by Gasteiger charge is -2.27. The number of benzene rings is 1. The maximum absolute atomic E-state index is 12.7. The molecule has 28 heavy (non-hydrogen) atoms. The van der Waals surface area contributed by atoms with Crippen molar-refractivity contribution < 1.29 is 33.4 Å². The van der Waals surface area contributed by atoms with Gasteiger partial charge in [0.2, 0.25) is 11.8 Å². The van der Waals surface area contributed by atoms with Crippen molar-refractivity contribution in [3.63, 3.8) is 0 Å². The van der Waals surface area contributed by atoms with Crippen molar-refractivity contribution in [3.05, 3.63) is 29.3 Å². The van der Waals surface area contributed by atoms with Crippen molar-refractivity contribution in [2.24, 2.45) is 0 Å². The van der Waals surface area contributed by atoms with Gasteiger partial charge in [0.25, 0.3) is 11.8 Å². The van der Waals surface area contributed by atoms with E-state index in [-0.39, 0.29) is 36.3 Å². The topological polar surface area (TPSA) is 119 Å². The molecule has 1 aromatic carbocycles. The van der Waals surface area contributed by atoms with Crippen LogP contribution in [0, 0.1) is 0 Å². The number of fused-ring (bicyclic) bond motifs is 1. The highest BCUT2D eigenvalue weighted by molar-refractivity contribution is 6.23. The Morgan fingerprint density at radius 2 is 1.82 bits per heavy atom. The van der Waals surface area contributed by atoms with Crippen LogP contribution >= 0.6 is 0 Å². The number of amides is 4. The number of hydrogen-bond acceptors (Lipinski definition) is 7. The SMILES string of the molecule is CC(C)(C)OC(=O)COc1ccc2c(c1)C(=O)N(C1CCC(=O)NC1=O)C2=O. The summed E-state index contributed by atoms with van der Waals surface area (Å²) in [6.07, 6.45) is 0.131. The van der Waals surface area contributed by atoms with Crippen LogP contribution in [-0.2, 0) is 19.1 Å². The van der Waals surface area contributed by atoms with E-state index in [4.69, 9.17) is 9.47 Å². The van der Waals surface area contributed by atoms with Crippen LogP contribution < -0.4 is 10.1 Å². The number of hydrogen-bond donors (Lipinski definition) is 1. The molecule has 1 N–H and O–H groups in total. The molecule has 0 spiro atoms. The van der Waals surface area contributed by atoms with Crippen molar-refractivity contribution in [1.29, 1.82) is 0 Å². The fourth-order valence-corrected chi connectivity index (χ4v) is 3.05. The third-order valence-electron chi connectivity index (χ3n) is 4.19. The van der Waals surface area contributed by atoms with Crippen molar-refractivity contribution >= 4 is 29.6 Å². The van der Waals surface area contributed by atoms with E-state index in [2.05, 4.69) is 5.32 Å². The van der Waals surface area contributed by atoms with Crippen LogP contribution in [-0.4, -0.2) is 52.7 Å². The average Bonchev–Trinajstić information content (AvgIpc) is 2.83. The number of nitrogens with zero attached hydrogens (tertiary/aromatic N) is 1. The van der Waals surface area contributed by atoms with Gasteiger partial charge < -0.3 is 9.47 Å². The average molecular weight is 388 g/mol. The fourth-order valence-electron chi connectivity index (χ4n) is 3.05. The largest absolute Gasteiger partial charge is 0.482 e. The van der Waals surface area contributed by atoms with Crippen molar-refractivity contribution in [2.75, 3.05) is 6.61 Å². The molecule has 3 rings (SSSR count). The Hall–Kier alpha value is -3.23. The van der Waals surface area contributed by atoms with Crippen LogP contribution in [0.5, 0.6) is 5.75 Å². The van der Waals surface area contributed by atoms with E-state index in [1.807, 2.05) is 0 Å². The van der Waals surface area contributed by atoms with Crippen molar-refractivity contribution in [1.82, 2.24) is 10.2 Å². The molecule has 148 valence electrons. The predicted octanol–water partition coefficient (Wildman–Crippen LogP) is 0.808. The standard InChI is InChI=1S/C19H20N2O7/c1-19(2,3)28-15(23)9-27-10-4-5-11-12(8-10)18(26)21(17(11)25)13-6-7-14(22)20-16(13)24/h4-5,8,13H,6-7,9H2,1-3H3,(H,20,22,24). The number of carbonyl (C=O) groups excluding carboxylic acids is 5. The normalized spacial score (nSPS) is 19.4. The molecule has 2 aliphatic heterocycles. The molecule has 1 atom stereocenters. The molecule has 2 heterocycles. The summed E-state index contributed by atoms with van der Waals surface area (Å²) < 4.78 is 10.5. The van der Waals surface area contributed by atoms with Gasteiger partial charge in [0.1, 0.15) is 17.4 Å². The minimum atomic E-state index is -1.03. The first-order chi connectivity index (χ1) is 13.1. The van der Waals surface area contributed by atoms with E-state index < -0.39 is 41.2 Å². The monoisotopic (exact) mass is 388 g/mol. The van der Waals surface area contributed by atoms with E-state index >= 15 is 0 Å². The van der Waals surface area contributed by atoms with Gasteiger partial charge in [-0.3, -0.25) is 29.4 Å². The molecule has 0 bridgehead atoms. The molecule has 1 fully saturated rings. The number of imide groups is 2. The van der Waals surface area contributed by atoms with Crippen LogP contribution in [0.2, 0.25) is 0 Å². The number of piperidine rings is 1. The van der Waals surface area contributed by atoms with Gasteiger partial charge in [-0.2, -0.15) is 0 Å². The van der Waals surface area contributed by atoms with Gasteiger partial charge in [-0.05, 0) is 45.4 Å². The lowest BCUT2D eigenvalue weighted by Crippen LogP contribution is -2.54. The van der Waals surface area contributed by atoms with Crippen molar-refractivity contribution in [3.8, 4) is 5.75 Å². The van der Waals surface area contributed by atoms with Crippen LogP contribution in [0.15, 0.2) is 18.2 Å². The van der Waals surface area contributed by atoms with E-state index in [1.54, 1.807) is 20.8 Å². The Kier molecular flexibility index (Phi) is 4.93. The molecule has 0 radical (unpaired) electrons. The van der Waals surface area contributed by atoms with E-state index in [0.29, 0.717) is 0 Å². The molecule has 0 aliphatic carbocycles.